The van der Waals surface area contributed by atoms with Crippen molar-refractivity contribution in [1.82, 2.24) is 0 Å². The molecule has 0 rings (SSSR count). The van der Waals surface area contributed by atoms with Crippen LogP contribution in [0.5, 0.6) is 0 Å². The van der Waals surface area contributed by atoms with Crippen molar-refractivity contribution in [3.63, 3.8) is 0 Å². The van der Waals surface area contributed by atoms with Gasteiger partial charge in [-0.1, -0.05) is 59.3 Å². The van der Waals surface area contributed by atoms with Crippen molar-refractivity contribution in [3.8, 4) is 0 Å². The number of hydrogen-bond donors (Lipinski definition) is 2. The molecule has 0 amide bonds. The standard InChI is InChI=1S/C19H36O4/c1-4-7-12-15-19(5-2,6-3)16(18(22)23)13-10-8-9-11-14-17(20)21/h16H,4-15H2,1-3H3,(H,20,21)(H,22,23). The fraction of sp³-hybridized carbons (Fsp3) is 0.895. The van der Waals surface area contributed by atoms with E-state index in [9.17, 15) is 14.7 Å². The fourth-order valence-corrected chi connectivity index (χ4v) is 3.67. The number of unbranched alkanes of at least 4 members (excludes halogenated alkanes) is 5. The topological polar surface area (TPSA) is 74.6 Å². The molecule has 0 spiro atoms. The Bertz CT molecular complexity index is 334. The van der Waals surface area contributed by atoms with Gasteiger partial charge in [-0.25, -0.2) is 0 Å². The average Bonchev–Trinajstić information content (AvgIpc) is 2.51. The normalized spacial score (nSPS) is 13.0. The molecule has 0 saturated carbocycles. The smallest absolute Gasteiger partial charge is 0.307 e. The summed E-state index contributed by atoms with van der Waals surface area (Å²) in [4.78, 5) is 22.3. The van der Waals surface area contributed by atoms with E-state index in [0.29, 0.717) is 6.42 Å². The number of carbonyl (C=O) groups is 2. The molecule has 0 aliphatic rings. The Morgan fingerprint density at radius 2 is 1.48 bits per heavy atom. The van der Waals surface area contributed by atoms with Crippen LogP contribution in [-0.2, 0) is 9.59 Å². The summed E-state index contributed by atoms with van der Waals surface area (Å²) >= 11 is 0. The maximum absolute atomic E-state index is 11.8. The van der Waals surface area contributed by atoms with Gasteiger partial charge in [0.1, 0.15) is 0 Å². The zero-order valence-corrected chi connectivity index (χ0v) is 15.3. The van der Waals surface area contributed by atoms with Crippen molar-refractivity contribution < 1.29 is 19.8 Å². The summed E-state index contributed by atoms with van der Waals surface area (Å²) in [6, 6.07) is 0. The summed E-state index contributed by atoms with van der Waals surface area (Å²) < 4.78 is 0. The van der Waals surface area contributed by atoms with Crippen molar-refractivity contribution in [2.24, 2.45) is 11.3 Å². The van der Waals surface area contributed by atoms with Crippen LogP contribution in [0.3, 0.4) is 0 Å². The van der Waals surface area contributed by atoms with E-state index in [1.165, 1.54) is 6.42 Å². The third kappa shape index (κ3) is 8.38. The maximum Gasteiger partial charge on any atom is 0.307 e. The molecule has 4 heteroatoms. The highest BCUT2D eigenvalue weighted by Crippen LogP contribution is 2.43. The molecule has 4 nitrogen and oxygen atoms in total. The summed E-state index contributed by atoms with van der Waals surface area (Å²) in [6.45, 7) is 6.42. The second-order valence-electron chi connectivity index (χ2n) is 6.76. The van der Waals surface area contributed by atoms with Gasteiger partial charge in [0.05, 0.1) is 5.92 Å². The molecular weight excluding hydrogens is 292 g/mol. The largest absolute Gasteiger partial charge is 0.481 e. The lowest BCUT2D eigenvalue weighted by Gasteiger charge is -2.38. The van der Waals surface area contributed by atoms with Gasteiger partial charge in [-0.3, -0.25) is 9.59 Å². The lowest BCUT2D eigenvalue weighted by molar-refractivity contribution is -0.148. The SMILES string of the molecule is CCCCCC(CC)(CC)C(CCCCCCC(=O)O)C(=O)O. The van der Waals surface area contributed by atoms with Crippen LogP contribution in [0.4, 0.5) is 0 Å². The Morgan fingerprint density at radius 3 is 1.96 bits per heavy atom. The first kappa shape index (κ1) is 21.9. The average molecular weight is 328 g/mol. The van der Waals surface area contributed by atoms with Crippen LogP contribution >= 0.6 is 0 Å². The molecule has 0 aliphatic heterocycles. The summed E-state index contributed by atoms with van der Waals surface area (Å²) in [5, 5.41) is 18.4. The molecule has 1 unspecified atom stereocenters. The molecule has 23 heavy (non-hydrogen) atoms. The van der Waals surface area contributed by atoms with Gasteiger partial charge < -0.3 is 10.2 Å². The van der Waals surface area contributed by atoms with Gasteiger partial charge in [-0.05, 0) is 37.5 Å². The first-order valence-electron chi connectivity index (χ1n) is 9.38. The summed E-state index contributed by atoms with van der Waals surface area (Å²) in [5.74, 6) is -1.68. The molecule has 1 atom stereocenters. The predicted molar refractivity (Wildman–Crippen MR) is 93.6 cm³/mol. The number of carboxylic acids is 2. The lowest BCUT2D eigenvalue weighted by Crippen LogP contribution is -2.35. The van der Waals surface area contributed by atoms with E-state index < -0.39 is 11.9 Å². The minimum Gasteiger partial charge on any atom is -0.481 e. The summed E-state index contributed by atoms with van der Waals surface area (Å²) in [6.07, 6.45) is 10.6. The van der Waals surface area contributed by atoms with E-state index in [4.69, 9.17) is 5.11 Å². The van der Waals surface area contributed by atoms with Gasteiger partial charge in [0.15, 0.2) is 0 Å². The van der Waals surface area contributed by atoms with E-state index in [-0.39, 0.29) is 17.8 Å². The zero-order chi connectivity index (χ0) is 17.7. The van der Waals surface area contributed by atoms with Crippen LogP contribution in [0.2, 0.25) is 0 Å². The van der Waals surface area contributed by atoms with Crippen molar-refractivity contribution in [3.05, 3.63) is 0 Å². The Hall–Kier alpha value is -1.06. The summed E-state index contributed by atoms with van der Waals surface area (Å²) in [5.41, 5.74) is -0.0813. The number of carboxylic acid groups (broad SMARTS) is 2. The minimum atomic E-state index is -0.750. The highest BCUT2D eigenvalue weighted by Gasteiger charge is 2.39. The second kappa shape index (κ2) is 12.4. The van der Waals surface area contributed by atoms with Crippen molar-refractivity contribution in [2.45, 2.75) is 97.8 Å². The third-order valence-corrected chi connectivity index (χ3v) is 5.36. The Labute approximate surface area is 141 Å². The Balaban J connectivity index is 4.52. The highest BCUT2D eigenvalue weighted by atomic mass is 16.4. The van der Waals surface area contributed by atoms with Gasteiger partial charge >= 0.3 is 11.9 Å². The molecule has 0 aromatic carbocycles. The predicted octanol–water partition coefficient (Wildman–Crippen LogP) is 5.50. The maximum atomic E-state index is 11.8. The van der Waals surface area contributed by atoms with Crippen LogP contribution < -0.4 is 0 Å². The van der Waals surface area contributed by atoms with E-state index >= 15 is 0 Å². The molecule has 2 N–H and O–H groups in total. The first-order chi connectivity index (χ1) is 10.9. The quantitative estimate of drug-likeness (QED) is 0.389. The molecule has 0 bridgehead atoms. The van der Waals surface area contributed by atoms with Gasteiger partial charge in [0.25, 0.3) is 0 Å². The van der Waals surface area contributed by atoms with E-state index in [2.05, 4.69) is 20.8 Å². The Kier molecular flexibility index (Phi) is 11.8. The number of rotatable bonds is 15. The van der Waals surface area contributed by atoms with Crippen LogP contribution in [0.25, 0.3) is 0 Å². The van der Waals surface area contributed by atoms with Gasteiger partial charge in [-0.2, -0.15) is 0 Å². The number of aliphatic carboxylic acids is 2. The van der Waals surface area contributed by atoms with E-state index in [1.54, 1.807) is 0 Å². The molecule has 0 fully saturated rings. The van der Waals surface area contributed by atoms with Gasteiger partial charge in [-0.15, -0.1) is 0 Å². The van der Waals surface area contributed by atoms with Crippen LogP contribution in [-0.4, -0.2) is 22.2 Å². The molecule has 0 aliphatic carbocycles. The third-order valence-electron chi connectivity index (χ3n) is 5.36. The monoisotopic (exact) mass is 328 g/mol. The molecule has 0 saturated heterocycles. The zero-order valence-electron chi connectivity index (χ0n) is 15.3. The summed E-state index contributed by atoms with van der Waals surface area (Å²) in [7, 11) is 0. The van der Waals surface area contributed by atoms with Gasteiger partial charge in [0, 0.05) is 6.42 Å². The Morgan fingerprint density at radius 1 is 0.870 bits per heavy atom. The minimum absolute atomic E-state index is 0.0813. The molecule has 136 valence electrons. The van der Waals surface area contributed by atoms with E-state index in [1.807, 2.05) is 0 Å². The van der Waals surface area contributed by atoms with Crippen molar-refractivity contribution in [1.29, 1.82) is 0 Å². The highest BCUT2D eigenvalue weighted by molar-refractivity contribution is 5.71. The van der Waals surface area contributed by atoms with Crippen molar-refractivity contribution >= 4 is 11.9 Å². The van der Waals surface area contributed by atoms with Crippen molar-refractivity contribution in [2.75, 3.05) is 0 Å². The molecule has 0 aromatic rings. The van der Waals surface area contributed by atoms with Crippen LogP contribution in [0.1, 0.15) is 97.8 Å². The molecule has 0 radical (unpaired) electrons. The van der Waals surface area contributed by atoms with Crippen LogP contribution in [0, 0.1) is 11.3 Å². The molecular formula is C19H36O4. The first-order valence-corrected chi connectivity index (χ1v) is 9.38. The van der Waals surface area contributed by atoms with Crippen LogP contribution in [0.15, 0.2) is 0 Å². The molecule has 0 aromatic heterocycles. The van der Waals surface area contributed by atoms with E-state index in [0.717, 1.165) is 57.8 Å². The second-order valence-corrected chi connectivity index (χ2v) is 6.76. The fourth-order valence-electron chi connectivity index (χ4n) is 3.67. The molecule has 0 heterocycles. The van der Waals surface area contributed by atoms with Gasteiger partial charge in [0.2, 0.25) is 0 Å². The number of hydrogen-bond acceptors (Lipinski definition) is 2. The lowest BCUT2D eigenvalue weighted by atomic mass is 9.66.